The number of carboxylic acids is 1. The first-order chi connectivity index (χ1) is 11.6. The number of unbranched alkanes of at least 4 members (excludes halogenated alkanes) is 6. The Hall–Kier alpha value is -0.570. The summed E-state index contributed by atoms with van der Waals surface area (Å²) in [5.41, 5.74) is -0.615. The van der Waals surface area contributed by atoms with Crippen LogP contribution in [0.15, 0.2) is 0 Å². The highest BCUT2D eigenvalue weighted by Gasteiger charge is 2.39. The zero-order valence-electron chi connectivity index (χ0n) is 18.0. The molecule has 1 N–H and O–H groups in total. The standard InChI is InChI=1S/C22H44O3/c1-8-10-11-12-13-14-15-17-19(21(3,4)5)25-22(6,7)18(16-9-2)20(23)24/h18-19H,8-17H2,1-7H3,(H,23,24). The SMILES string of the molecule is CCCCCCCCCC(OC(C)(C)C(CCC)C(=O)O)C(C)(C)C. The number of rotatable bonds is 14. The van der Waals surface area contributed by atoms with Gasteiger partial charge in [-0.3, -0.25) is 4.79 Å². The van der Waals surface area contributed by atoms with Crippen molar-refractivity contribution in [3.63, 3.8) is 0 Å². The second kappa shape index (κ2) is 11.9. The first kappa shape index (κ1) is 24.4. The first-order valence-corrected chi connectivity index (χ1v) is 10.5. The van der Waals surface area contributed by atoms with Crippen LogP contribution in [0.3, 0.4) is 0 Å². The van der Waals surface area contributed by atoms with Crippen molar-refractivity contribution in [2.45, 2.75) is 124 Å². The molecule has 25 heavy (non-hydrogen) atoms. The topological polar surface area (TPSA) is 46.5 Å². The minimum Gasteiger partial charge on any atom is -0.481 e. The molecule has 0 aromatic heterocycles. The average molecular weight is 357 g/mol. The molecule has 0 spiro atoms. The Morgan fingerprint density at radius 1 is 0.840 bits per heavy atom. The monoisotopic (exact) mass is 356 g/mol. The summed E-state index contributed by atoms with van der Waals surface area (Å²) in [6, 6.07) is 0. The van der Waals surface area contributed by atoms with Crippen LogP contribution in [0.5, 0.6) is 0 Å². The maximum absolute atomic E-state index is 11.7. The fourth-order valence-electron chi connectivity index (χ4n) is 3.46. The zero-order valence-corrected chi connectivity index (χ0v) is 18.0. The highest BCUT2D eigenvalue weighted by atomic mass is 16.5. The van der Waals surface area contributed by atoms with E-state index in [4.69, 9.17) is 4.74 Å². The molecule has 0 aliphatic heterocycles. The molecule has 0 aromatic rings. The third kappa shape index (κ3) is 10.2. The van der Waals surface area contributed by atoms with Crippen LogP contribution in [0.1, 0.15) is 113 Å². The summed E-state index contributed by atoms with van der Waals surface area (Å²) in [4.78, 5) is 11.7. The van der Waals surface area contributed by atoms with Crippen molar-refractivity contribution in [3.8, 4) is 0 Å². The van der Waals surface area contributed by atoms with Gasteiger partial charge in [0, 0.05) is 0 Å². The number of aliphatic carboxylic acids is 1. The average Bonchev–Trinajstić information content (AvgIpc) is 2.48. The number of ether oxygens (including phenoxy) is 1. The number of hydrogen-bond donors (Lipinski definition) is 1. The van der Waals surface area contributed by atoms with Gasteiger partial charge in [0.05, 0.1) is 17.6 Å². The molecule has 150 valence electrons. The maximum Gasteiger partial charge on any atom is 0.309 e. The highest BCUT2D eigenvalue weighted by Crippen LogP contribution is 2.35. The van der Waals surface area contributed by atoms with Crippen molar-refractivity contribution in [1.82, 2.24) is 0 Å². The molecule has 0 amide bonds. The summed E-state index contributed by atoms with van der Waals surface area (Å²) in [5, 5.41) is 9.59. The minimum absolute atomic E-state index is 0.0226. The van der Waals surface area contributed by atoms with Crippen LogP contribution in [-0.4, -0.2) is 22.8 Å². The van der Waals surface area contributed by atoms with E-state index in [1.165, 1.54) is 38.5 Å². The van der Waals surface area contributed by atoms with Crippen molar-refractivity contribution < 1.29 is 14.6 Å². The summed E-state index contributed by atoms with van der Waals surface area (Å²) < 4.78 is 6.44. The molecule has 0 aliphatic rings. The lowest BCUT2D eigenvalue weighted by Gasteiger charge is -2.40. The van der Waals surface area contributed by atoms with E-state index in [1.807, 2.05) is 20.8 Å². The third-order valence-electron chi connectivity index (χ3n) is 5.20. The van der Waals surface area contributed by atoms with Crippen molar-refractivity contribution in [1.29, 1.82) is 0 Å². The molecule has 0 fully saturated rings. The van der Waals surface area contributed by atoms with Crippen LogP contribution in [0.25, 0.3) is 0 Å². The second-order valence-electron chi connectivity index (χ2n) is 9.17. The van der Waals surface area contributed by atoms with Gasteiger partial charge in [-0.2, -0.15) is 0 Å². The normalized spacial score (nSPS) is 15.2. The summed E-state index contributed by atoms with van der Waals surface area (Å²) in [6.45, 7) is 14.8. The molecule has 0 bridgehead atoms. The van der Waals surface area contributed by atoms with Gasteiger partial charge in [0.25, 0.3) is 0 Å². The molecular formula is C22H44O3. The van der Waals surface area contributed by atoms with E-state index in [2.05, 4.69) is 27.7 Å². The van der Waals surface area contributed by atoms with E-state index in [0.29, 0.717) is 6.42 Å². The fourth-order valence-corrected chi connectivity index (χ4v) is 3.46. The van der Waals surface area contributed by atoms with Crippen LogP contribution < -0.4 is 0 Å². The van der Waals surface area contributed by atoms with Crippen LogP contribution in [-0.2, 0) is 9.53 Å². The van der Waals surface area contributed by atoms with Gasteiger partial charge < -0.3 is 9.84 Å². The van der Waals surface area contributed by atoms with E-state index in [0.717, 1.165) is 19.3 Å². The molecule has 3 nitrogen and oxygen atoms in total. The lowest BCUT2D eigenvalue weighted by molar-refractivity contribution is -0.172. The number of hydrogen-bond acceptors (Lipinski definition) is 2. The Balaban J connectivity index is 4.64. The first-order valence-electron chi connectivity index (χ1n) is 10.5. The Labute approximate surface area is 156 Å². The van der Waals surface area contributed by atoms with E-state index < -0.39 is 17.5 Å². The third-order valence-corrected chi connectivity index (χ3v) is 5.20. The quantitative estimate of drug-likeness (QED) is 0.347. The lowest BCUT2D eigenvalue weighted by Crippen LogP contribution is -2.45. The number of carboxylic acid groups (broad SMARTS) is 1. The van der Waals surface area contributed by atoms with E-state index in [1.54, 1.807) is 0 Å². The second-order valence-corrected chi connectivity index (χ2v) is 9.17. The van der Waals surface area contributed by atoms with Crippen LogP contribution >= 0.6 is 0 Å². The molecule has 0 aromatic carbocycles. The molecule has 3 heteroatoms. The van der Waals surface area contributed by atoms with Crippen LogP contribution in [0.4, 0.5) is 0 Å². The minimum atomic E-state index is -0.740. The Morgan fingerprint density at radius 3 is 1.80 bits per heavy atom. The molecule has 2 unspecified atom stereocenters. The predicted octanol–water partition coefficient (Wildman–Crippen LogP) is 6.84. The van der Waals surface area contributed by atoms with Gasteiger partial charge in [-0.1, -0.05) is 86.0 Å². The molecule has 2 atom stereocenters. The molecule has 0 rings (SSSR count). The summed E-state index contributed by atoms with van der Waals surface area (Å²) >= 11 is 0. The van der Waals surface area contributed by atoms with Crippen molar-refractivity contribution in [2.24, 2.45) is 11.3 Å². The largest absolute Gasteiger partial charge is 0.481 e. The zero-order chi connectivity index (χ0) is 19.5. The predicted molar refractivity (Wildman–Crippen MR) is 107 cm³/mol. The van der Waals surface area contributed by atoms with Gasteiger partial charge in [-0.25, -0.2) is 0 Å². The van der Waals surface area contributed by atoms with Gasteiger partial charge in [0.1, 0.15) is 0 Å². The van der Waals surface area contributed by atoms with E-state index >= 15 is 0 Å². The van der Waals surface area contributed by atoms with Crippen LogP contribution in [0.2, 0.25) is 0 Å². The summed E-state index contributed by atoms with van der Waals surface area (Å²) in [6.07, 6.45) is 11.7. The van der Waals surface area contributed by atoms with Crippen molar-refractivity contribution >= 4 is 5.97 Å². The van der Waals surface area contributed by atoms with Gasteiger partial charge in [0.2, 0.25) is 0 Å². The lowest BCUT2D eigenvalue weighted by atomic mass is 9.82. The summed E-state index contributed by atoms with van der Waals surface area (Å²) in [7, 11) is 0. The fraction of sp³-hybridized carbons (Fsp3) is 0.955. The Kier molecular flexibility index (Phi) is 11.7. The molecular weight excluding hydrogens is 312 g/mol. The Morgan fingerprint density at radius 2 is 1.36 bits per heavy atom. The van der Waals surface area contributed by atoms with Crippen LogP contribution in [0, 0.1) is 11.3 Å². The maximum atomic E-state index is 11.7. The molecule has 0 radical (unpaired) electrons. The molecule has 0 aliphatic carbocycles. The molecule has 0 heterocycles. The summed E-state index contributed by atoms with van der Waals surface area (Å²) in [5.74, 6) is -1.19. The van der Waals surface area contributed by atoms with E-state index in [9.17, 15) is 9.90 Å². The van der Waals surface area contributed by atoms with E-state index in [-0.39, 0.29) is 11.5 Å². The number of carbonyl (C=O) groups is 1. The molecule has 0 saturated carbocycles. The smallest absolute Gasteiger partial charge is 0.309 e. The van der Waals surface area contributed by atoms with Crippen molar-refractivity contribution in [3.05, 3.63) is 0 Å². The molecule has 0 saturated heterocycles. The van der Waals surface area contributed by atoms with Gasteiger partial charge >= 0.3 is 5.97 Å². The van der Waals surface area contributed by atoms with Gasteiger partial charge in [-0.15, -0.1) is 0 Å². The highest BCUT2D eigenvalue weighted by molar-refractivity contribution is 5.71. The van der Waals surface area contributed by atoms with Gasteiger partial charge in [-0.05, 0) is 32.1 Å². The van der Waals surface area contributed by atoms with Crippen molar-refractivity contribution in [2.75, 3.05) is 0 Å². The van der Waals surface area contributed by atoms with Gasteiger partial charge in [0.15, 0.2) is 0 Å². The Bertz CT molecular complexity index is 355.